The highest BCUT2D eigenvalue weighted by Crippen LogP contribution is 2.42. The molecule has 0 radical (unpaired) electrons. The zero-order chi connectivity index (χ0) is 9.31. The fourth-order valence-electron chi connectivity index (χ4n) is 2.44. The van der Waals surface area contributed by atoms with E-state index in [1.165, 1.54) is 25.9 Å². The van der Waals surface area contributed by atoms with Crippen LogP contribution in [-0.4, -0.2) is 44.0 Å². The van der Waals surface area contributed by atoms with E-state index in [1.807, 2.05) is 0 Å². The molecule has 2 fully saturated rings. The maximum absolute atomic E-state index is 5.35. The van der Waals surface area contributed by atoms with E-state index >= 15 is 0 Å². The van der Waals surface area contributed by atoms with Gasteiger partial charge in [0.05, 0.1) is 13.2 Å². The number of nitrogens with zero attached hydrogens (tertiary/aromatic N) is 1. The highest BCUT2D eigenvalue weighted by molar-refractivity contribution is 7.80. The van der Waals surface area contributed by atoms with Crippen LogP contribution in [0, 0.1) is 11.3 Å². The molecule has 3 heteroatoms. The van der Waals surface area contributed by atoms with Crippen LogP contribution in [0.3, 0.4) is 0 Å². The normalized spacial score (nSPS) is 30.0. The van der Waals surface area contributed by atoms with Crippen molar-refractivity contribution in [3.63, 3.8) is 0 Å². The Hall–Kier alpha value is 0.270. The van der Waals surface area contributed by atoms with Crippen LogP contribution in [0.2, 0.25) is 0 Å². The molecule has 0 saturated carbocycles. The van der Waals surface area contributed by atoms with E-state index in [-0.39, 0.29) is 0 Å². The molecule has 2 aliphatic heterocycles. The van der Waals surface area contributed by atoms with E-state index in [9.17, 15) is 0 Å². The van der Waals surface area contributed by atoms with Crippen LogP contribution in [0.5, 0.6) is 0 Å². The fourth-order valence-corrected chi connectivity index (χ4v) is 2.88. The molecule has 0 aromatic heterocycles. The molecule has 0 aromatic carbocycles. The van der Waals surface area contributed by atoms with Gasteiger partial charge in [-0.05, 0) is 38.9 Å². The van der Waals surface area contributed by atoms with E-state index in [0.29, 0.717) is 5.41 Å². The summed E-state index contributed by atoms with van der Waals surface area (Å²) in [7, 11) is 2.21. The van der Waals surface area contributed by atoms with Gasteiger partial charge < -0.3 is 9.64 Å². The molecule has 0 atom stereocenters. The molecule has 13 heavy (non-hydrogen) atoms. The lowest BCUT2D eigenvalue weighted by atomic mass is 9.71. The molecule has 0 N–H and O–H groups in total. The van der Waals surface area contributed by atoms with Gasteiger partial charge in [-0.25, -0.2) is 0 Å². The van der Waals surface area contributed by atoms with E-state index in [1.54, 1.807) is 0 Å². The van der Waals surface area contributed by atoms with E-state index in [2.05, 4.69) is 24.6 Å². The van der Waals surface area contributed by atoms with Gasteiger partial charge in [0.25, 0.3) is 0 Å². The Bertz CT molecular complexity index is 168. The topological polar surface area (TPSA) is 12.5 Å². The Morgan fingerprint density at radius 3 is 2.38 bits per heavy atom. The van der Waals surface area contributed by atoms with E-state index in [4.69, 9.17) is 4.74 Å². The second-order valence-electron chi connectivity index (χ2n) is 4.59. The number of thiol groups is 1. The molecule has 0 amide bonds. The van der Waals surface area contributed by atoms with Crippen LogP contribution in [0.15, 0.2) is 0 Å². The summed E-state index contributed by atoms with van der Waals surface area (Å²) in [6, 6.07) is 0. The van der Waals surface area contributed by atoms with Gasteiger partial charge in [-0.1, -0.05) is 0 Å². The monoisotopic (exact) mass is 201 g/mol. The van der Waals surface area contributed by atoms with Gasteiger partial charge in [0.1, 0.15) is 0 Å². The molecular weight excluding hydrogens is 182 g/mol. The van der Waals surface area contributed by atoms with Crippen LogP contribution in [0.4, 0.5) is 0 Å². The largest absolute Gasteiger partial charge is 0.380 e. The quantitative estimate of drug-likeness (QED) is 0.676. The van der Waals surface area contributed by atoms with Gasteiger partial charge in [-0.3, -0.25) is 0 Å². The summed E-state index contributed by atoms with van der Waals surface area (Å²) >= 11 is 4.47. The smallest absolute Gasteiger partial charge is 0.0555 e. The molecule has 0 spiro atoms. The summed E-state index contributed by atoms with van der Waals surface area (Å²) in [5.74, 6) is 1.86. The molecule has 0 bridgehead atoms. The van der Waals surface area contributed by atoms with Crippen LogP contribution in [-0.2, 0) is 4.74 Å². The molecule has 2 rings (SSSR count). The third kappa shape index (κ3) is 1.74. The molecule has 2 aliphatic rings. The number of hydrogen-bond acceptors (Lipinski definition) is 3. The first-order chi connectivity index (χ1) is 6.27. The molecule has 0 aromatic rings. The average Bonchev–Trinajstić information content (AvgIpc) is 2.07. The standard InChI is InChI=1S/C10H19NOS/c1-11-4-2-9(3-5-11)10(8-13)6-12-7-10/h9,13H,2-8H2,1H3. The number of piperidine rings is 1. The van der Waals surface area contributed by atoms with Crippen molar-refractivity contribution in [2.45, 2.75) is 12.8 Å². The number of ether oxygens (including phenoxy) is 1. The summed E-state index contributed by atoms with van der Waals surface area (Å²) in [5.41, 5.74) is 0.435. The van der Waals surface area contributed by atoms with Crippen LogP contribution in [0.1, 0.15) is 12.8 Å². The SMILES string of the molecule is CN1CCC(C2(CS)COC2)CC1. The van der Waals surface area contributed by atoms with Gasteiger partial charge in [-0.2, -0.15) is 12.6 Å². The number of likely N-dealkylation sites (tertiary alicyclic amines) is 1. The van der Waals surface area contributed by atoms with Crippen LogP contribution in [0.25, 0.3) is 0 Å². The van der Waals surface area contributed by atoms with Gasteiger partial charge in [0.2, 0.25) is 0 Å². The fraction of sp³-hybridized carbons (Fsp3) is 1.00. The lowest BCUT2D eigenvalue weighted by Gasteiger charge is -2.49. The first-order valence-corrected chi connectivity index (χ1v) is 5.77. The van der Waals surface area contributed by atoms with Crippen molar-refractivity contribution in [3.05, 3.63) is 0 Å². The van der Waals surface area contributed by atoms with Gasteiger partial charge in [-0.15, -0.1) is 0 Å². The van der Waals surface area contributed by atoms with Crippen molar-refractivity contribution in [2.75, 3.05) is 39.1 Å². The summed E-state index contributed by atoms with van der Waals surface area (Å²) in [5, 5.41) is 0. The van der Waals surface area contributed by atoms with Crippen molar-refractivity contribution in [1.29, 1.82) is 0 Å². The summed E-state index contributed by atoms with van der Waals surface area (Å²) in [6.45, 7) is 4.40. The lowest BCUT2D eigenvalue weighted by molar-refractivity contribution is -0.139. The molecule has 0 aliphatic carbocycles. The Kier molecular flexibility index (Phi) is 2.86. The van der Waals surface area contributed by atoms with Crippen molar-refractivity contribution in [2.24, 2.45) is 11.3 Å². The Morgan fingerprint density at radius 1 is 1.38 bits per heavy atom. The Morgan fingerprint density at radius 2 is 2.00 bits per heavy atom. The van der Waals surface area contributed by atoms with Gasteiger partial charge in [0.15, 0.2) is 0 Å². The van der Waals surface area contributed by atoms with Crippen molar-refractivity contribution in [3.8, 4) is 0 Å². The predicted octanol–water partition coefficient (Wildman–Crippen LogP) is 1.27. The zero-order valence-electron chi connectivity index (χ0n) is 8.33. The van der Waals surface area contributed by atoms with Gasteiger partial charge >= 0.3 is 0 Å². The minimum atomic E-state index is 0.435. The molecule has 76 valence electrons. The summed E-state index contributed by atoms with van der Waals surface area (Å²) in [6.07, 6.45) is 2.67. The minimum Gasteiger partial charge on any atom is -0.380 e. The highest BCUT2D eigenvalue weighted by atomic mass is 32.1. The molecule has 2 nitrogen and oxygen atoms in total. The molecular formula is C10H19NOS. The van der Waals surface area contributed by atoms with Gasteiger partial charge in [0, 0.05) is 11.2 Å². The Labute approximate surface area is 86.0 Å². The second-order valence-corrected chi connectivity index (χ2v) is 4.91. The first-order valence-electron chi connectivity index (χ1n) is 5.14. The Balaban J connectivity index is 1.92. The average molecular weight is 201 g/mol. The highest BCUT2D eigenvalue weighted by Gasteiger charge is 2.44. The first kappa shape index (κ1) is 9.81. The lowest BCUT2D eigenvalue weighted by Crippen LogP contribution is -2.52. The summed E-state index contributed by atoms with van der Waals surface area (Å²) in [4.78, 5) is 2.42. The maximum atomic E-state index is 5.35. The van der Waals surface area contributed by atoms with E-state index in [0.717, 1.165) is 24.9 Å². The molecule has 2 saturated heterocycles. The molecule has 0 unspecified atom stereocenters. The third-order valence-corrected chi connectivity index (χ3v) is 4.31. The van der Waals surface area contributed by atoms with E-state index < -0.39 is 0 Å². The van der Waals surface area contributed by atoms with Crippen LogP contribution < -0.4 is 0 Å². The van der Waals surface area contributed by atoms with Crippen molar-refractivity contribution >= 4 is 12.6 Å². The number of hydrogen-bond donors (Lipinski definition) is 1. The predicted molar refractivity (Wildman–Crippen MR) is 57.3 cm³/mol. The second kappa shape index (κ2) is 3.79. The van der Waals surface area contributed by atoms with Crippen molar-refractivity contribution in [1.82, 2.24) is 4.90 Å². The zero-order valence-corrected chi connectivity index (χ0v) is 9.22. The minimum absolute atomic E-state index is 0.435. The number of rotatable bonds is 2. The van der Waals surface area contributed by atoms with Crippen molar-refractivity contribution < 1.29 is 4.74 Å². The van der Waals surface area contributed by atoms with Crippen LogP contribution >= 0.6 is 12.6 Å². The summed E-state index contributed by atoms with van der Waals surface area (Å²) < 4.78 is 5.35. The third-order valence-electron chi connectivity index (χ3n) is 3.68. The molecule has 2 heterocycles. The maximum Gasteiger partial charge on any atom is 0.0555 e.